The summed E-state index contributed by atoms with van der Waals surface area (Å²) in [6.07, 6.45) is 0.0773. The first-order valence-electron chi connectivity index (χ1n) is 11.5. The molecule has 198 valence electrons. The van der Waals surface area contributed by atoms with Crippen molar-refractivity contribution in [1.29, 1.82) is 0 Å². The van der Waals surface area contributed by atoms with Gasteiger partial charge in [0.2, 0.25) is 0 Å². The van der Waals surface area contributed by atoms with Crippen molar-refractivity contribution in [3.05, 3.63) is 81.8 Å². The molecular formula is C27H25ClF2N4O3S. The number of nitrogens with two attached hydrogens (primary N) is 1. The molecule has 2 aromatic carbocycles. The van der Waals surface area contributed by atoms with Crippen molar-refractivity contribution in [2.24, 2.45) is 12.8 Å². The van der Waals surface area contributed by atoms with Crippen LogP contribution >= 0.6 is 11.6 Å². The van der Waals surface area contributed by atoms with Crippen molar-refractivity contribution >= 4 is 33.6 Å². The lowest BCUT2D eigenvalue weighted by atomic mass is 9.94. The Kier molecular flexibility index (Phi) is 7.97. The van der Waals surface area contributed by atoms with Crippen LogP contribution in [-0.4, -0.2) is 34.2 Å². The van der Waals surface area contributed by atoms with E-state index in [0.29, 0.717) is 49.7 Å². The van der Waals surface area contributed by atoms with E-state index in [1.54, 1.807) is 49.8 Å². The van der Waals surface area contributed by atoms with Gasteiger partial charge < -0.3 is 15.4 Å². The van der Waals surface area contributed by atoms with Gasteiger partial charge in [0.15, 0.2) is 11.1 Å². The highest BCUT2D eigenvalue weighted by Gasteiger charge is 2.23. The molecule has 0 spiro atoms. The number of hydrogen-bond donors (Lipinski definition) is 3. The highest BCUT2D eigenvalue weighted by Crippen LogP contribution is 2.38. The smallest absolute Gasteiger partial charge is 0.159 e. The standard InChI is InChI=1S/C27H25ClF2N4O3S/c1-27(2,35)9-8-18-4-5-19(25(32-18)22(31)12-15-10-16(29)13-17(30)11-15)20-6-7-21(28)24-23(14-38(36)37)33-34(3)26(20)24/h4-7,10-11,13,22,35H,12,14,31H2,1-3H3,(H,36,37)/t22-/m0/s1. The molecule has 38 heavy (non-hydrogen) atoms. The van der Waals surface area contributed by atoms with Crippen LogP contribution < -0.4 is 5.73 Å². The van der Waals surface area contributed by atoms with Gasteiger partial charge in [-0.2, -0.15) is 5.10 Å². The molecule has 2 aromatic heterocycles. The molecule has 0 saturated carbocycles. The van der Waals surface area contributed by atoms with Crippen molar-refractivity contribution in [3.63, 3.8) is 0 Å². The lowest BCUT2D eigenvalue weighted by molar-refractivity contribution is 0.143. The molecule has 4 N–H and O–H groups in total. The van der Waals surface area contributed by atoms with Crippen LogP contribution in [0.4, 0.5) is 8.78 Å². The van der Waals surface area contributed by atoms with Gasteiger partial charge in [-0.15, -0.1) is 0 Å². The van der Waals surface area contributed by atoms with E-state index in [4.69, 9.17) is 17.3 Å². The third-order valence-corrected chi connectivity index (χ3v) is 6.55. The fourth-order valence-electron chi connectivity index (χ4n) is 4.24. The van der Waals surface area contributed by atoms with Crippen molar-refractivity contribution in [1.82, 2.24) is 14.8 Å². The van der Waals surface area contributed by atoms with Gasteiger partial charge in [0.05, 0.1) is 33.7 Å². The van der Waals surface area contributed by atoms with Crippen LogP contribution in [0, 0.1) is 23.5 Å². The predicted octanol–water partition coefficient (Wildman–Crippen LogP) is 4.65. The number of aryl methyl sites for hydroxylation is 1. The van der Waals surface area contributed by atoms with E-state index in [9.17, 15) is 22.6 Å². The van der Waals surface area contributed by atoms with E-state index in [0.717, 1.165) is 6.07 Å². The van der Waals surface area contributed by atoms with Crippen LogP contribution in [0.5, 0.6) is 0 Å². The zero-order chi connectivity index (χ0) is 27.8. The van der Waals surface area contributed by atoms with Gasteiger partial charge in [-0.25, -0.2) is 18.0 Å². The van der Waals surface area contributed by atoms with Gasteiger partial charge in [-0.1, -0.05) is 23.6 Å². The molecule has 0 aliphatic rings. The second-order valence-electron chi connectivity index (χ2n) is 9.38. The lowest BCUT2D eigenvalue weighted by Gasteiger charge is -2.18. The van der Waals surface area contributed by atoms with Crippen LogP contribution in [-0.2, 0) is 30.3 Å². The summed E-state index contributed by atoms with van der Waals surface area (Å²) >= 11 is 4.35. The maximum absolute atomic E-state index is 13.9. The van der Waals surface area contributed by atoms with Crippen molar-refractivity contribution in [2.45, 2.75) is 37.7 Å². The first-order chi connectivity index (χ1) is 17.8. The van der Waals surface area contributed by atoms with Crippen LogP contribution in [0.1, 0.15) is 42.5 Å². The summed E-state index contributed by atoms with van der Waals surface area (Å²) in [7, 11) is 1.69. The minimum absolute atomic E-state index is 0.0773. The Morgan fingerprint density at radius 1 is 1.16 bits per heavy atom. The number of benzene rings is 2. The summed E-state index contributed by atoms with van der Waals surface area (Å²) in [6.45, 7) is 3.09. The zero-order valence-electron chi connectivity index (χ0n) is 20.8. The van der Waals surface area contributed by atoms with Gasteiger partial charge in [0, 0.05) is 29.6 Å². The third kappa shape index (κ3) is 6.26. The maximum atomic E-state index is 13.9. The van der Waals surface area contributed by atoms with Gasteiger partial charge in [0.25, 0.3) is 0 Å². The van der Waals surface area contributed by atoms with Gasteiger partial charge in [0.1, 0.15) is 22.9 Å². The van der Waals surface area contributed by atoms with Crippen molar-refractivity contribution in [2.75, 3.05) is 0 Å². The van der Waals surface area contributed by atoms with Crippen LogP contribution in [0.3, 0.4) is 0 Å². The Bertz CT molecular complexity index is 1600. The molecule has 2 heterocycles. The molecule has 0 aliphatic heterocycles. The monoisotopic (exact) mass is 558 g/mol. The molecule has 11 heteroatoms. The first kappa shape index (κ1) is 27.8. The number of aliphatic hydroxyl groups is 1. The quantitative estimate of drug-likeness (QED) is 0.234. The van der Waals surface area contributed by atoms with Crippen molar-refractivity contribution < 1.29 is 22.6 Å². The maximum Gasteiger partial charge on any atom is 0.159 e. The third-order valence-electron chi connectivity index (χ3n) is 5.71. The van der Waals surface area contributed by atoms with E-state index >= 15 is 0 Å². The summed E-state index contributed by atoms with van der Waals surface area (Å²) < 4.78 is 50.3. The highest BCUT2D eigenvalue weighted by molar-refractivity contribution is 7.78. The number of aromatic nitrogens is 3. The number of pyridine rings is 1. The minimum atomic E-state index is -2.13. The molecule has 0 amide bonds. The Hall–Kier alpha value is -3.20. The van der Waals surface area contributed by atoms with Crippen LogP contribution in [0.15, 0.2) is 42.5 Å². The Balaban J connectivity index is 1.91. The molecule has 0 saturated heterocycles. The van der Waals surface area contributed by atoms with Crippen LogP contribution in [0.2, 0.25) is 5.02 Å². The fourth-order valence-corrected chi connectivity index (χ4v) is 4.94. The van der Waals surface area contributed by atoms with E-state index in [1.165, 1.54) is 12.1 Å². The van der Waals surface area contributed by atoms with Gasteiger partial charge in [-0.3, -0.25) is 4.68 Å². The van der Waals surface area contributed by atoms with Crippen molar-refractivity contribution in [3.8, 4) is 23.0 Å². The van der Waals surface area contributed by atoms with E-state index in [-0.39, 0.29) is 12.2 Å². The molecule has 7 nitrogen and oxygen atoms in total. The highest BCUT2D eigenvalue weighted by atomic mass is 35.5. The second kappa shape index (κ2) is 10.9. The molecule has 2 atom stereocenters. The molecule has 0 bridgehead atoms. The van der Waals surface area contributed by atoms with E-state index < -0.39 is 34.4 Å². The largest absolute Gasteiger partial charge is 0.378 e. The number of halogens is 3. The summed E-state index contributed by atoms with van der Waals surface area (Å²) in [5.74, 6) is 3.92. The molecule has 1 unspecified atom stereocenters. The minimum Gasteiger partial charge on any atom is -0.378 e. The number of hydrogen-bond acceptors (Lipinski definition) is 5. The number of nitrogens with zero attached hydrogens (tertiary/aromatic N) is 3. The molecular weight excluding hydrogens is 534 g/mol. The average Bonchev–Trinajstić information content (AvgIpc) is 3.13. The summed E-state index contributed by atoms with van der Waals surface area (Å²) in [6, 6.07) is 9.28. The Morgan fingerprint density at radius 3 is 2.45 bits per heavy atom. The Labute approximate surface area is 225 Å². The fraction of sp³-hybridized carbons (Fsp3) is 0.259. The van der Waals surface area contributed by atoms with E-state index in [2.05, 4.69) is 21.9 Å². The number of fused-ring (bicyclic) bond motifs is 1. The lowest BCUT2D eigenvalue weighted by Crippen LogP contribution is -2.17. The molecule has 0 fully saturated rings. The first-order valence-corrected chi connectivity index (χ1v) is 13.2. The summed E-state index contributed by atoms with van der Waals surface area (Å²) in [5, 5.41) is 15.3. The molecule has 4 aromatic rings. The second-order valence-corrected chi connectivity index (χ2v) is 10.7. The SMILES string of the molecule is Cn1nc(CS(=O)O)c2c(Cl)ccc(-c3ccc(C#CC(C)(C)O)nc3[C@@H](N)Cc3cc(F)cc(F)c3)c21. The van der Waals surface area contributed by atoms with Gasteiger partial charge >= 0.3 is 0 Å². The molecule has 4 rings (SSSR count). The predicted molar refractivity (Wildman–Crippen MR) is 144 cm³/mol. The Morgan fingerprint density at radius 2 is 1.82 bits per heavy atom. The van der Waals surface area contributed by atoms with Crippen LogP contribution in [0.25, 0.3) is 22.0 Å². The number of rotatable bonds is 6. The summed E-state index contributed by atoms with van der Waals surface area (Å²) in [4.78, 5) is 4.66. The topological polar surface area (TPSA) is 114 Å². The normalized spacial score (nSPS) is 13.3. The summed E-state index contributed by atoms with van der Waals surface area (Å²) in [5.41, 5.74) is 8.63. The molecule has 0 aliphatic carbocycles. The average molecular weight is 559 g/mol. The van der Waals surface area contributed by atoms with Gasteiger partial charge in [-0.05, 0) is 62.1 Å². The van der Waals surface area contributed by atoms with E-state index in [1.807, 2.05) is 0 Å². The zero-order valence-corrected chi connectivity index (χ0v) is 22.4. The molecule has 0 radical (unpaired) electrons.